The number of hydrogen-bond donors (Lipinski definition) is 2. The summed E-state index contributed by atoms with van der Waals surface area (Å²) < 4.78 is 11.9. The van der Waals surface area contributed by atoms with Crippen LogP contribution in [0.25, 0.3) is 33.5 Å². The Balaban J connectivity index is 1.47. The van der Waals surface area contributed by atoms with Gasteiger partial charge >= 0.3 is 0 Å². The van der Waals surface area contributed by atoms with Gasteiger partial charge in [0.05, 0.1) is 42.0 Å². The average molecular weight is 463 g/mol. The van der Waals surface area contributed by atoms with Gasteiger partial charge in [-0.3, -0.25) is 5.10 Å². The van der Waals surface area contributed by atoms with Gasteiger partial charge in [-0.25, -0.2) is 4.98 Å². The highest BCUT2D eigenvalue weighted by Crippen LogP contribution is 2.31. The van der Waals surface area contributed by atoms with Crippen LogP contribution in [0.1, 0.15) is 26.3 Å². The number of likely N-dealkylation sites (N-methyl/N-ethyl adjacent to an activating group) is 1. The minimum Gasteiger partial charge on any atom is -0.374 e. The number of hydrogen-bond acceptors (Lipinski definition) is 6. The third-order valence-electron chi connectivity index (χ3n) is 6.34. The van der Waals surface area contributed by atoms with Crippen LogP contribution in [0.15, 0.2) is 36.4 Å². The van der Waals surface area contributed by atoms with Crippen molar-refractivity contribution in [2.75, 3.05) is 38.7 Å². The Morgan fingerprint density at radius 1 is 1.21 bits per heavy atom. The van der Waals surface area contributed by atoms with Gasteiger partial charge in [0, 0.05) is 30.2 Å². The summed E-state index contributed by atoms with van der Waals surface area (Å²) in [5.74, 6) is 0.760. The minimum absolute atomic E-state index is 0.162. The van der Waals surface area contributed by atoms with Crippen molar-refractivity contribution in [3.63, 3.8) is 0 Å². The smallest absolute Gasteiger partial charge is 0.159 e. The summed E-state index contributed by atoms with van der Waals surface area (Å²) in [6.07, 6.45) is 0.358. The van der Waals surface area contributed by atoms with Crippen molar-refractivity contribution in [1.29, 1.82) is 0 Å². The second-order valence-corrected chi connectivity index (χ2v) is 9.78. The molecule has 0 radical (unpaired) electrons. The number of aromatic amines is 2. The zero-order valence-electron chi connectivity index (χ0n) is 20.6. The van der Waals surface area contributed by atoms with Gasteiger partial charge in [0.2, 0.25) is 0 Å². The van der Waals surface area contributed by atoms with Crippen molar-refractivity contribution >= 4 is 27.6 Å². The van der Waals surface area contributed by atoms with Gasteiger partial charge in [-0.05, 0) is 64.7 Å². The number of anilines is 1. The number of nitrogens with one attached hydrogen (secondary N) is 2. The van der Waals surface area contributed by atoms with E-state index in [0.29, 0.717) is 12.6 Å². The molecule has 2 unspecified atom stereocenters. The molecule has 0 amide bonds. The van der Waals surface area contributed by atoms with Crippen LogP contribution in [0.4, 0.5) is 5.69 Å². The highest BCUT2D eigenvalue weighted by molar-refractivity contribution is 5.95. The number of imidazole rings is 1. The molecule has 1 saturated heterocycles. The Morgan fingerprint density at radius 2 is 2.06 bits per heavy atom. The number of aromatic nitrogens is 4. The lowest BCUT2D eigenvalue weighted by molar-refractivity contribution is 0.00880. The maximum Gasteiger partial charge on any atom is 0.159 e. The second-order valence-electron chi connectivity index (χ2n) is 9.78. The monoisotopic (exact) mass is 462 g/mol. The molecule has 180 valence electrons. The van der Waals surface area contributed by atoms with Crippen molar-refractivity contribution in [2.24, 2.45) is 0 Å². The fourth-order valence-corrected chi connectivity index (χ4v) is 4.68. The number of benzene rings is 2. The predicted molar refractivity (Wildman–Crippen MR) is 136 cm³/mol. The zero-order chi connectivity index (χ0) is 23.8. The molecule has 1 fully saturated rings. The number of fused-ring (bicyclic) bond motifs is 2. The number of ether oxygens (including phenoxy) is 2. The summed E-state index contributed by atoms with van der Waals surface area (Å²) in [6.45, 7) is 9.35. The first-order chi connectivity index (χ1) is 16.4. The largest absolute Gasteiger partial charge is 0.374 e. The van der Waals surface area contributed by atoms with E-state index >= 15 is 0 Å². The van der Waals surface area contributed by atoms with Crippen LogP contribution in [-0.4, -0.2) is 77.1 Å². The van der Waals surface area contributed by atoms with Crippen molar-refractivity contribution in [3.8, 4) is 11.5 Å². The predicted octanol–water partition coefficient (Wildman–Crippen LogP) is 4.19. The van der Waals surface area contributed by atoms with Crippen molar-refractivity contribution in [3.05, 3.63) is 42.0 Å². The number of morpholine rings is 1. The first-order valence-corrected chi connectivity index (χ1v) is 12.0. The molecule has 2 N–H and O–H groups in total. The van der Waals surface area contributed by atoms with Crippen LogP contribution >= 0.6 is 0 Å². The van der Waals surface area contributed by atoms with E-state index in [1.165, 1.54) is 5.69 Å². The minimum atomic E-state index is 0.162. The number of H-pyrrole nitrogens is 2. The summed E-state index contributed by atoms with van der Waals surface area (Å²) in [6, 6.07) is 12.9. The summed E-state index contributed by atoms with van der Waals surface area (Å²) in [5, 5.41) is 8.81. The lowest BCUT2D eigenvalue weighted by atomic mass is 10.1. The van der Waals surface area contributed by atoms with E-state index < -0.39 is 0 Å². The molecule has 0 aliphatic carbocycles. The highest BCUT2D eigenvalue weighted by Gasteiger charge is 2.27. The van der Waals surface area contributed by atoms with E-state index in [-0.39, 0.29) is 12.2 Å². The van der Waals surface area contributed by atoms with E-state index in [4.69, 9.17) is 14.5 Å². The molecule has 2 atom stereocenters. The molecule has 8 nitrogen and oxygen atoms in total. The lowest BCUT2D eigenvalue weighted by Gasteiger charge is -2.40. The fourth-order valence-electron chi connectivity index (χ4n) is 4.68. The molecule has 3 heterocycles. The van der Waals surface area contributed by atoms with Crippen LogP contribution in [0.5, 0.6) is 0 Å². The van der Waals surface area contributed by atoms with Gasteiger partial charge in [0.1, 0.15) is 5.69 Å². The molecular formula is C26H34N6O2. The van der Waals surface area contributed by atoms with Gasteiger partial charge in [-0.1, -0.05) is 12.1 Å². The Hall–Kier alpha value is -2.94. The molecule has 4 aromatic rings. The Bertz CT molecular complexity index is 1280. The SMILES string of the molecule is CC(C)OCc1cccc2[nH]nc(-c3nc4ccc(N5CC(CN(C)C)OCC5C)cc4[nH]3)c12. The van der Waals surface area contributed by atoms with Crippen LogP contribution in [0.3, 0.4) is 0 Å². The summed E-state index contributed by atoms with van der Waals surface area (Å²) in [5.41, 5.74) is 6.01. The van der Waals surface area contributed by atoms with Gasteiger partial charge in [-0.15, -0.1) is 0 Å². The molecule has 0 bridgehead atoms. The highest BCUT2D eigenvalue weighted by atomic mass is 16.5. The molecule has 1 aliphatic rings. The summed E-state index contributed by atoms with van der Waals surface area (Å²) in [7, 11) is 4.17. The maximum atomic E-state index is 6.05. The third-order valence-corrected chi connectivity index (χ3v) is 6.34. The van der Waals surface area contributed by atoms with Crippen molar-refractivity contribution < 1.29 is 9.47 Å². The quantitative estimate of drug-likeness (QED) is 0.429. The molecule has 8 heteroatoms. The molecule has 2 aromatic heterocycles. The molecule has 0 saturated carbocycles. The molecular weight excluding hydrogens is 428 g/mol. The molecule has 34 heavy (non-hydrogen) atoms. The van der Waals surface area contributed by atoms with Crippen LogP contribution in [0, 0.1) is 0 Å². The van der Waals surface area contributed by atoms with Gasteiger partial charge < -0.3 is 24.3 Å². The maximum absolute atomic E-state index is 6.05. The fraction of sp³-hybridized carbons (Fsp3) is 0.462. The zero-order valence-corrected chi connectivity index (χ0v) is 20.6. The standard InChI is InChI=1S/C26H34N6O2/c1-16(2)33-15-18-7-6-8-22-24(18)25(30-29-22)26-27-21-10-9-19(11-23(21)28-26)32-13-20(12-31(4)5)34-14-17(32)3/h6-11,16-17,20H,12-15H2,1-5H3,(H,27,28)(H,29,30). The van der Waals surface area contributed by atoms with Crippen molar-refractivity contribution in [2.45, 2.75) is 45.6 Å². The molecule has 2 aromatic carbocycles. The third kappa shape index (κ3) is 4.53. The first kappa shape index (κ1) is 22.8. The van der Waals surface area contributed by atoms with E-state index in [0.717, 1.165) is 58.7 Å². The van der Waals surface area contributed by atoms with Gasteiger partial charge in [0.15, 0.2) is 5.82 Å². The van der Waals surface area contributed by atoms with Crippen LogP contribution in [-0.2, 0) is 16.1 Å². The number of rotatable bonds is 7. The van der Waals surface area contributed by atoms with Gasteiger partial charge in [-0.2, -0.15) is 5.10 Å². The Kier molecular flexibility index (Phi) is 6.29. The van der Waals surface area contributed by atoms with E-state index in [1.54, 1.807) is 0 Å². The normalized spacial score (nSPS) is 19.2. The summed E-state index contributed by atoms with van der Waals surface area (Å²) in [4.78, 5) is 13.0. The Labute approximate surface area is 200 Å². The first-order valence-electron chi connectivity index (χ1n) is 12.0. The Morgan fingerprint density at radius 3 is 2.85 bits per heavy atom. The molecule has 0 spiro atoms. The van der Waals surface area contributed by atoms with Crippen molar-refractivity contribution in [1.82, 2.24) is 25.1 Å². The second kappa shape index (κ2) is 9.37. The van der Waals surface area contributed by atoms with Crippen LogP contribution < -0.4 is 4.90 Å². The van der Waals surface area contributed by atoms with E-state index in [2.05, 4.69) is 70.3 Å². The molecule has 1 aliphatic heterocycles. The topological polar surface area (TPSA) is 82.3 Å². The van der Waals surface area contributed by atoms with Crippen LogP contribution in [0.2, 0.25) is 0 Å². The van der Waals surface area contributed by atoms with Gasteiger partial charge in [0.25, 0.3) is 0 Å². The average Bonchev–Trinajstić information content (AvgIpc) is 3.42. The van der Waals surface area contributed by atoms with E-state index in [9.17, 15) is 0 Å². The molecule has 5 rings (SSSR count). The summed E-state index contributed by atoms with van der Waals surface area (Å²) >= 11 is 0. The lowest BCUT2D eigenvalue weighted by Crippen LogP contribution is -2.51. The van der Waals surface area contributed by atoms with E-state index in [1.807, 2.05) is 26.0 Å². The number of nitrogens with zero attached hydrogens (tertiary/aromatic N) is 4.